The van der Waals surface area contributed by atoms with E-state index in [2.05, 4.69) is 4.98 Å². The van der Waals surface area contributed by atoms with Crippen molar-refractivity contribution in [3.63, 3.8) is 0 Å². The first-order valence-electron chi connectivity index (χ1n) is 4.32. The third-order valence-electron chi connectivity index (χ3n) is 2.43. The van der Waals surface area contributed by atoms with E-state index in [0.717, 1.165) is 16.6 Å². The van der Waals surface area contributed by atoms with Gasteiger partial charge in [0.15, 0.2) is 0 Å². The third-order valence-corrected chi connectivity index (χ3v) is 2.43. The fraction of sp³-hybridized carbons (Fsp3) is 0.200. The van der Waals surface area contributed by atoms with Crippen LogP contribution in [0.2, 0.25) is 0 Å². The van der Waals surface area contributed by atoms with Gasteiger partial charge in [0.1, 0.15) is 5.69 Å². The Morgan fingerprint density at radius 2 is 2.06 bits per heavy atom. The van der Waals surface area contributed by atoms with Gasteiger partial charge in [0.2, 0.25) is 0 Å². The van der Waals surface area contributed by atoms with Crippen LogP contribution in [-0.4, -0.2) is 15.5 Å². The second-order valence-electron chi connectivity index (χ2n) is 3.27. The van der Waals surface area contributed by atoms with Gasteiger partial charge in [-0.3, -0.25) is 9.78 Å². The highest BCUT2D eigenvalue weighted by atomic mass is 35.5. The Balaban J connectivity index is 0.00000112. The highest BCUT2D eigenvalue weighted by Crippen LogP contribution is 2.21. The molecule has 2 N–H and O–H groups in total. The van der Waals surface area contributed by atoms with Gasteiger partial charge < -0.3 is 10.3 Å². The minimum Gasteiger partial charge on any atom is -0.364 e. The molecule has 2 aromatic rings. The molecular formula is C10H13Cl2N3O. The molecule has 0 spiro atoms. The molecule has 2 heterocycles. The maximum atomic E-state index is 11.2. The maximum absolute atomic E-state index is 11.2. The van der Waals surface area contributed by atoms with Gasteiger partial charge in [0, 0.05) is 18.8 Å². The van der Waals surface area contributed by atoms with Gasteiger partial charge in [-0.25, -0.2) is 0 Å². The van der Waals surface area contributed by atoms with E-state index in [9.17, 15) is 4.79 Å². The Kier molecular flexibility index (Phi) is 4.78. The monoisotopic (exact) mass is 261 g/mol. The number of carbonyl (C=O) groups is 1. The van der Waals surface area contributed by atoms with Crippen LogP contribution in [0.4, 0.5) is 0 Å². The van der Waals surface area contributed by atoms with Crippen molar-refractivity contribution in [2.24, 2.45) is 12.8 Å². The summed E-state index contributed by atoms with van der Waals surface area (Å²) in [6, 6.07) is 3.76. The summed E-state index contributed by atoms with van der Waals surface area (Å²) in [5.41, 5.74) is 8.43. The van der Waals surface area contributed by atoms with E-state index in [4.69, 9.17) is 5.73 Å². The molecule has 0 atom stereocenters. The molecule has 0 radical (unpaired) electrons. The standard InChI is InChI=1S/C10H11N3O.2ClH/c1-6-8-7(4-3-5-12-8)13(2)9(6)10(11)14;;/h3-5H,1-2H3,(H2,11,14);2*1H. The molecule has 0 saturated carbocycles. The molecule has 16 heavy (non-hydrogen) atoms. The van der Waals surface area contributed by atoms with E-state index < -0.39 is 5.91 Å². The zero-order valence-corrected chi connectivity index (χ0v) is 10.6. The normalized spacial score (nSPS) is 9.38. The van der Waals surface area contributed by atoms with E-state index in [1.54, 1.807) is 10.8 Å². The molecule has 1 amide bonds. The molecule has 88 valence electrons. The first-order chi connectivity index (χ1) is 6.63. The summed E-state index contributed by atoms with van der Waals surface area (Å²) < 4.78 is 1.78. The van der Waals surface area contributed by atoms with Gasteiger partial charge in [0.25, 0.3) is 5.91 Å². The van der Waals surface area contributed by atoms with E-state index in [1.807, 2.05) is 26.1 Å². The van der Waals surface area contributed by atoms with Crippen molar-refractivity contribution < 1.29 is 4.79 Å². The lowest BCUT2D eigenvalue weighted by molar-refractivity contribution is 0.0992. The Morgan fingerprint density at radius 3 is 2.56 bits per heavy atom. The summed E-state index contributed by atoms with van der Waals surface area (Å²) >= 11 is 0. The number of aryl methyl sites for hydroxylation is 2. The Labute approximate surface area is 106 Å². The van der Waals surface area contributed by atoms with Gasteiger partial charge in [-0.15, -0.1) is 24.8 Å². The summed E-state index contributed by atoms with van der Waals surface area (Å²) in [6.07, 6.45) is 1.71. The predicted molar refractivity (Wildman–Crippen MR) is 68.5 cm³/mol. The second-order valence-corrected chi connectivity index (χ2v) is 3.27. The smallest absolute Gasteiger partial charge is 0.265 e. The molecule has 0 bridgehead atoms. The van der Waals surface area contributed by atoms with Crippen LogP contribution in [0.5, 0.6) is 0 Å². The van der Waals surface area contributed by atoms with Gasteiger partial charge in [-0.1, -0.05) is 0 Å². The lowest BCUT2D eigenvalue weighted by Crippen LogP contribution is -2.16. The van der Waals surface area contributed by atoms with Crippen molar-refractivity contribution in [1.29, 1.82) is 0 Å². The first-order valence-corrected chi connectivity index (χ1v) is 4.32. The zero-order valence-electron chi connectivity index (χ0n) is 8.93. The van der Waals surface area contributed by atoms with Crippen molar-refractivity contribution in [2.45, 2.75) is 6.92 Å². The average molecular weight is 262 g/mol. The second kappa shape index (κ2) is 5.18. The number of nitrogens with two attached hydrogens (primary N) is 1. The summed E-state index contributed by atoms with van der Waals surface area (Å²) in [6.45, 7) is 1.86. The number of rotatable bonds is 1. The molecule has 0 aliphatic heterocycles. The Morgan fingerprint density at radius 1 is 1.44 bits per heavy atom. The van der Waals surface area contributed by atoms with Gasteiger partial charge >= 0.3 is 0 Å². The Hall–Kier alpha value is -1.26. The number of hydrogen-bond acceptors (Lipinski definition) is 2. The number of halogens is 2. The van der Waals surface area contributed by atoms with E-state index in [1.165, 1.54) is 0 Å². The first kappa shape index (κ1) is 14.7. The third kappa shape index (κ3) is 1.99. The summed E-state index contributed by atoms with van der Waals surface area (Å²) in [5.74, 6) is -0.414. The number of carbonyl (C=O) groups excluding carboxylic acids is 1. The molecule has 0 saturated heterocycles. The van der Waals surface area contributed by atoms with Crippen LogP contribution in [0.25, 0.3) is 11.0 Å². The molecule has 0 aliphatic rings. The maximum Gasteiger partial charge on any atom is 0.265 e. The van der Waals surface area contributed by atoms with E-state index >= 15 is 0 Å². The fourth-order valence-electron chi connectivity index (χ4n) is 1.79. The summed E-state index contributed by atoms with van der Waals surface area (Å²) in [7, 11) is 1.82. The fourth-order valence-corrected chi connectivity index (χ4v) is 1.79. The number of pyridine rings is 1. The predicted octanol–water partition coefficient (Wildman–Crippen LogP) is 1.82. The topological polar surface area (TPSA) is 60.9 Å². The summed E-state index contributed by atoms with van der Waals surface area (Å²) in [4.78, 5) is 15.4. The van der Waals surface area contributed by atoms with Crippen LogP contribution in [0.15, 0.2) is 18.3 Å². The van der Waals surface area contributed by atoms with Gasteiger partial charge in [-0.2, -0.15) is 0 Å². The number of amides is 1. The van der Waals surface area contributed by atoms with Crippen LogP contribution in [-0.2, 0) is 7.05 Å². The molecule has 2 aromatic heterocycles. The largest absolute Gasteiger partial charge is 0.364 e. The SMILES string of the molecule is Cc1c(C(N)=O)n(C)c2cccnc12.Cl.Cl. The van der Waals surface area contributed by atoms with E-state index in [-0.39, 0.29) is 24.8 Å². The number of nitrogens with zero attached hydrogens (tertiary/aromatic N) is 2. The van der Waals surface area contributed by atoms with Crippen LogP contribution in [0.3, 0.4) is 0 Å². The van der Waals surface area contributed by atoms with Crippen LogP contribution >= 0.6 is 24.8 Å². The van der Waals surface area contributed by atoms with Crippen molar-refractivity contribution in [2.75, 3.05) is 0 Å². The number of aromatic nitrogens is 2. The quantitative estimate of drug-likeness (QED) is 0.852. The molecule has 4 nitrogen and oxygen atoms in total. The highest BCUT2D eigenvalue weighted by molar-refractivity contribution is 5.99. The van der Waals surface area contributed by atoms with Crippen molar-refractivity contribution >= 4 is 41.8 Å². The van der Waals surface area contributed by atoms with Crippen LogP contribution in [0.1, 0.15) is 16.1 Å². The van der Waals surface area contributed by atoms with Gasteiger partial charge in [0.05, 0.1) is 11.0 Å². The number of primary amides is 1. The van der Waals surface area contributed by atoms with Crippen LogP contribution < -0.4 is 5.73 Å². The molecule has 0 aliphatic carbocycles. The van der Waals surface area contributed by atoms with E-state index in [0.29, 0.717) is 5.69 Å². The lowest BCUT2D eigenvalue weighted by atomic mass is 10.2. The molecule has 0 unspecified atom stereocenters. The molecule has 2 rings (SSSR count). The molecule has 6 heteroatoms. The lowest BCUT2D eigenvalue weighted by Gasteiger charge is -1.99. The van der Waals surface area contributed by atoms with Crippen molar-refractivity contribution in [3.05, 3.63) is 29.6 Å². The molecule has 0 aromatic carbocycles. The minimum absolute atomic E-state index is 0. The van der Waals surface area contributed by atoms with Crippen molar-refractivity contribution in [1.82, 2.24) is 9.55 Å². The van der Waals surface area contributed by atoms with Crippen molar-refractivity contribution in [3.8, 4) is 0 Å². The molecule has 0 fully saturated rings. The minimum atomic E-state index is -0.414. The van der Waals surface area contributed by atoms with Gasteiger partial charge in [-0.05, 0) is 19.1 Å². The zero-order chi connectivity index (χ0) is 10.3. The number of hydrogen-bond donors (Lipinski definition) is 1. The highest BCUT2D eigenvalue weighted by Gasteiger charge is 2.15. The average Bonchev–Trinajstić information content (AvgIpc) is 2.41. The number of fused-ring (bicyclic) bond motifs is 1. The van der Waals surface area contributed by atoms with Crippen LogP contribution in [0, 0.1) is 6.92 Å². The summed E-state index contributed by atoms with van der Waals surface area (Å²) in [5, 5.41) is 0. The molecular weight excluding hydrogens is 249 g/mol. The Bertz CT molecular complexity index is 483.